The number of para-hydroxylation sites is 1. The fourth-order valence-electron chi connectivity index (χ4n) is 9.96. The molecule has 0 spiro atoms. The van der Waals surface area contributed by atoms with Gasteiger partial charge in [-0.3, -0.25) is 29.1 Å². The van der Waals surface area contributed by atoms with E-state index in [4.69, 9.17) is 0 Å². The Kier molecular flexibility index (Phi) is 19.5. The second-order valence-corrected chi connectivity index (χ2v) is 19.6. The summed E-state index contributed by atoms with van der Waals surface area (Å²) in [7, 11) is 0. The normalized spacial score (nSPS) is 16.9. The third kappa shape index (κ3) is 16.5. The highest BCUT2D eigenvalue weighted by molar-refractivity contribution is 5.95. The zero-order chi connectivity index (χ0) is 58.9. The van der Waals surface area contributed by atoms with E-state index in [1.165, 1.54) is 11.8 Å². The number of carbonyl (C=O) groups excluding carboxylic acids is 5. The van der Waals surface area contributed by atoms with Crippen molar-refractivity contribution in [1.29, 1.82) is 0 Å². The molecule has 5 aromatic rings. The molecule has 0 radical (unpaired) electrons. The fourth-order valence-corrected chi connectivity index (χ4v) is 9.96. The summed E-state index contributed by atoms with van der Waals surface area (Å²) >= 11 is 0. The van der Waals surface area contributed by atoms with Crippen LogP contribution in [0.2, 0.25) is 0 Å². The van der Waals surface area contributed by atoms with Gasteiger partial charge in [0.15, 0.2) is 0 Å². The van der Waals surface area contributed by atoms with Crippen molar-refractivity contribution in [3.63, 3.8) is 0 Å². The monoisotopic (exact) mass is 1150 g/mol. The van der Waals surface area contributed by atoms with Crippen molar-refractivity contribution in [2.75, 3.05) is 44.6 Å². The summed E-state index contributed by atoms with van der Waals surface area (Å²) in [6, 6.07) is 26.1. The quantitative estimate of drug-likeness (QED) is 0.0859. The number of urea groups is 2. The molecule has 434 valence electrons. The summed E-state index contributed by atoms with van der Waals surface area (Å²) in [6.45, 7) is 2.66. The Bertz CT molecular complexity index is 2900. The van der Waals surface area contributed by atoms with Gasteiger partial charge in [-0.05, 0) is 96.5 Å². The third-order valence-corrected chi connectivity index (χ3v) is 13.9. The van der Waals surface area contributed by atoms with Crippen LogP contribution in [0.4, 0.5) is 68.0 Å². The van der Waals surface area contributed by atoms with Gasteiger partial charge in [0.1, 0.15) is 12.1 Å². The number of hydrogen-bond donors (Lipinski definition) is 4. The number of anilines is 1. The first-order valence-electron chi connectivity index (χ1n) is 25.6. The Labute approximate surface area is 457 Å². The van der Waals surface area contributed by atoms with E-state index in [9.17, 15) is 76.7 Å². The molecule has 0 aromatic heterocycles. The molecule has 3 fully saturated rings. The lowest BCUT2D eigenvalue weighted by molar-refractivity contribution is -0.144. The third-order valence-electron chi connectivity index (χ3n) is 13.9. The lowest BCUT2D eigenvalue weighted by atomic mass is 9.97. The van der Waals surface area contributed by atoms with E-state index in [0.717, 1.165) is 0 Å². The second-order valence-electron chi connectivity index (χ2n) is 19.6. The lowest BCUT2D eigenvalue weighted by Gasteiger charge is -2.39. The van der Waals surface area contributed by atoms with Crippen LogP contribution in [0.5, 0.6) is 0 Å². The van der Waals surface area contributed by atoms with Crippen LogP contribution in [0.1, 0.15) is 89.2 Å². The van der Waals surface area contributed by atoms with Crippen LogP contribution in [0, 0.1) is 0 Å². The molecule has 3 aliphatic rings. The van der Waals surface area contributed by atoms with Gasteiger partial charge in [-0.2, -0.15) is 52.7 Å². The summed E-state index contributed by atoms with van der Waals surface area (Å²) in [4.78, 5) is 70.0. The Morgan fingerprint density at radius 2 is 0.877 bits per heavy atom. The molecule has 81 heavy (non-hydrogen) atoms. The number of hydrogen-bond acceptors (Lipinski definition) is 7. The zero-order valence-electron chi connectivity index (χ0n) is 43.3. The van der Waals surface area contributed by atoms with Gasteiger partial charge >= 0.3 is 36.8 Å². The largest absolute Gasteiger partial charge is 0.416 e. The van der Waals surface area contributed by atoms with Gasteiger partial charge in [0.2, 0.25) is 17.7 Å². The van der Waals surface area contributed by atoms with Crippen molar-refractivity contribution in [3.05, 3.63) is 172 Å². The number of nitrogens with zero attached hydrogens (tertiary/aromatic N) is 4. The van der Waals surface area contributed by atoms with E-state index in [1.54, 1.807) is 89.8 Å². The van der Waals surface area contributed by atoms with Crippen LogP contribution in [-0.2, 0) is 52.2 Å². The van der Waals surface area contributed by atoms with Crippen LogP contribution in [0.25, 0.3) is 0 Å². The molecule has 8 rings (SSSR count). The molecular weight excluding hydrogens is 1090 g/mol. The average Bonchev–Trinajstić information content (AvgIpc) is 3.90. The van der Waals surface area contributed by atoms with Gasteiger partial charge in [-0.15, -0.1) is 0 Å². The zero-order valence-corrected chi connectivity index (χ0v) is 43.3. The van der Waals surface area contributed by atoms with Crippen LogP contribution >= 0.6 is 0 Å². The SMILES string of the molecule is CC(=O)N1CCN(C2CCN(C(C(=O)NCc3cc(C(F)(F)F)cc(C(F)(F)F)c3)c3ccccc3)CC2)C1=O.O=C(Nc1ccccc1)NC1CCN(C(C(=O)NCc2cc(C(F)(F)F)cc(C(F)(F)F)c2)c2ccccc2)CC1. The van der Waals surface area contributed by atoms with Gasteiger partial charge in [-0.25, -0.2) is 9.59 Å². The van der Waals surface area contributed by atoms with Crippen molar-refractivity contribution in [2.45, 2.75) is 94.6 Å². The number of nitrogens with one attached hydrogen (secondary N) is 4. The molecule has 2 atom stereocenters. The number of benzene rings is 5. The maximum Gasteiger partial charge on any atom is 0.416 e. The van der Waals surface area contributed by atoms with Crippen molar-refractivity contribution in [3.8, 4) is 0 Å². The molecule has 7 amide bonds. The number of rotatable bonds is 13. The number of halogens is 12. The molecule has 0 saturated carbocycles. The van der Waals surface area contributed by atoms with Crippen molar-refractivity contribution in [1.82, 2.24) is 35.6 Å². The highest BCUT2D eigenvalue weighted by Gasteiger charge is 2.41. The van der Waals surface area contributed by atoms with Gasteiger partial charge in [-0.1, -0.05) is 78.9 Å². The van der Waals surface area contributed by atoms with E-state index in [1.807, 2.05) is 15.9 Å². The summed E-state index contributed by atoms with van der Waals surface area (Å²) < 4.78 is 159. The molecule has 3 saturated heterocycles. The summed E-state index contributed by atoms with van der Waals surface area (Å²) in [5, 5.41) is 10.7. The average molecular weight is 1150 g/mol. The van der Waals surface area contributed by atoms with Crippen LogP contribution in [-0.4, -0.2) is 101 Å². The highest BCUT2D eigenvalue weighted by Crippen LogP contribution is 2.39. The van der Waals surface area contributed by atoms with E-state index < -0.39 is 83.9 Å². The van der Waals surface area contributed by atoms with E-state index in [2.05, 4.69) is 21.3 Å². The predicted octanol–water partition coefficient (Wildman–Crippen LogP) is 11.2. The van der Waals surface area contributed by atoms with Gasteiger partial charge in [0.05, 0.1) is 22.3 Å². The Morgan fingerprint density at radius 1 is 0.506 bits per heavy atom. The Morgan fingerprint density at radius 3 is 1.23 bits per heavy atom. The van der Waals surface area contributed by atoms with Gasteiger partial charge in [0.25, 0.3) is 0 Å². The maximum atomic E-state index is 13.4. The molecule has 13 nitrogen and oxygen atoms in total. The first-order valence-corrected chi connectivity index (χ1v) is 25.6. The van der Waals surface area contributed by atoms with Crippen LogP contribution in [0.3, 0.4) is 0 Å². The summed E-state index contributed by atoms with van der Waals surface area (Å²) in [5.74, 6) is -1.46. The Balaban J connectivity index is 0.000000234. The molecule has 0 bridgehead atoms. The topological polar surface area (TPSA) is 146 Å². The van der Waals surface area contributed by atoms with Crippen molar-refractivity contribution in [2.24, 2.45) is 0 Å². The second kappa shape index (κ2) is 25.8. The number of amides is 7. The van der Waals surface area contributed by atoms with Crippen LogP contribution < -0.4 is 21.3 Å². The van der Waals surface area contributed by atoms with E-state index >= 15 is 0 Å². The van der Waals surface area contributed by atoms with E-state index in [0.29, 0.717) is 106 Å². The molecule has 4 N–H and O–H groups in total. The fraction of sp³-hybridized carbons (Fsp3) is 0.375. The number of likely N-dealkylation sites (tertiary alicyclic amines) is 2. The van der Waals surface area contributed by atoms with Gasteiger partial charge in [0, 0.05) is 77.1 Å². The first kappa shape index (κ1) is 61.0. The minimum absolute atomic E-state index is 0.0446. The molecule has 25 heteroatoms. The molecule has 2 unspecified atom stereocenters. The molecule has 5 aromatic carbocycles. The standard InChI is InChI=1S/C29H28F6N4O2.C27H28F6N4O3/c30-28(31,32)21-15-19(16-22(17-21)29(33,34)35)18-36-26(40)25(20-7-3-1-4-8-20)39-13-11-24(12-14-39)38-27(41)37-23-9-5-2-6-10-23;1-17(38)36-11-12-37(25(36)40)22-7-9-35(10-8-22)23(19-5-3-2-4-6-19)24(39)34-16-18-13-20(26(28,29)30)15-21(14-18)27(31,32)33/h1-10,15-17,24-25H,11-14,18H2,(H,36,40)(H2,37,38,41);2-6,13-15,22-23H,7-12,16H2,1H3,(H,34,39). The molecule has 3 aliphatic heterocycles. The smallest absolute Gasteiger partial charge is 0.350 e. The van der Waals surface area contributed by atoms with Gasteiger partial charge < -0.3 is 26.2 Å². The highest BCUT2D eigenvalue weighted by atomic mass is 19.4. The summed E-state index contributed by atoms with van der Waals surface area (Å²) in [5.41, 5.74) is -4.56. The number of imide groups is 1. The van der Waals surface area contributed by atoms with Crippen molar-refractivity contribution >= 4 is 35.5 Å². The van der Waals surface area contributed by atoms with E-state index in [-0.39, 0.29) is 53.3 Å². The lowest BCUT2D eigenvalue weighted by Crippen LogP contribution is -2.50. The molecular formula is C56H56F12N8O5. The first-order chi connectivity index (χ1) is 38.1. The van der Waals surface area contributed by atoms with Crippen LogP contribution in [0.15, 0.2) is 127 Å². The summed E-state index contributed by atoms with van der Waals surface area (Å²) in [6.07, 6.45) is -17.8. The minimum atomic E-state index is -4.99. The molecule has 3 heterocycles. The Hall–Kier alpha value is -7.67. The maximum absolute atomic E-state index is 13.4. The minimum Gasteiger partial charge on any atom is -0.350 e. The van der Waals surface area contributed by atoms with Crippen molar-refractivity contribution < 1.29 is 76.7 Å². The number of piperidine rings is 2. The predicted molar refractivity (Wildman–Crippen MR) is 272 cm³/mol. The number of carbonyl (C=O) groups is 5. The number of alkyl halides is 12. The molecule has 0 aliphatic carbocycles.